The van der Waals surface area contributed by atoms with Crippen LogP contribution in [0.5, 0.6) is 0 Å². The van der Waals surface area contributed by atoms with Gasteiger partial charge in [-0.05, 0) is 34.2 Å². The number of likely N-dealkylation sites (N-methyl/N-ethyl adjacent to an activating group) is 1. The third-order valence-electron chi connectivity index (χ3n) is 5.38. The average molecular weight is 284 g/mol. The van der Waals surface area contributed by atoms with E-state index < -0.39 is 0 Å². The highest BCUT2D eigenvalue weighted by Crippen LogP contribution is 2.26. The molecule has 0 aromatic rings. The summed E-state index contributed by atoms with van der Waals surface area (Å²) in [6.45, 7) is 12.4. The van der Waals surface area contributed by atoms with Crippen molar-refractivity contribution in [1.82, 2.24) is 9.80 Å². The van der Waals surface area contributed by atoms with Crippen molar-refractivity contribution in [2.75, 3.05) is 26.7 Å². The van der Waals surface area contributed by atoms with Crippen LogP contribution in [0.15, 0.2) is 0 Å². The lowest BCUT2D eigenvalue weighted by molar-refractivity contribution is -0.00670. The predicted molar refractivity (Wildman–Crippen MR) is 89.1 cm³/mol. The van der Waals surface area contributed by atoms with Crippen LogP contribution in [0.2, 0.25) is 0 Å². The van der Waals surface area contributed by atoms with E-state index in [1.54, 1.807) is 0 Å². The molecular weight excluding hydrogens is 246 g/mol. The molecule has 1 aliphatic heterocycles. The predicted octanol–water partition coefficient (Wildman–Crippen LogP) is 3.09. The van der Waals surface area contributed by atoms with Crippen LogP contribution in [-0.4, -0.2) is 54.1 Å². The number of nitrogens with zero attached hydrogens (tertiary/aromatic N) is 2. The first-order valence-corrected chi connectivity index (χ1v) is 8.61. The molecule has 3 atom stereocenters. The smallest absolute Gasteiger partial charge is 0.0304 e. The van der Waals surface area contributed by atoms with Gasteiger partial charge in [0.15, 0.2) is 0 Å². The molecule has 1 heterocycles. The molecule has 1 aliphatic rings. The van der Waals surface area contributed by atoms with E-state index in [0.717, 1.165) is 19.6 Å². The van der Waals surface area contributed by atoms with E-state index in [-0.39, 0.29) is 5.54 Å². The molecule has 0 aromatic carbocycles. The Balaban J connectivity index is 2.50. The zero-order valence-electron chi connectivity index (χ0n) is 14.5. The van der Waals surface area contributed by atoms with Crippen LogP contribution in [0.4, 0.5) is 0 Å². The number of hydrogen-bond donors (Lipinski definition) is 1. The Labute approximate surface area is 126 Å². The minimum absolute atomic E-state index is 0.190. The molecule has 0 spiro atoms. The Bertz CT molecular complexity index is 257. The first-order chi connectivity index (χ1) is 9.44. The second kappa shape index (κ2) is 8.35. The van der Waals surface area contributed by atoms with Crippen LogP contribution >= 0.6 is 0 Å². The zero-order chi connectivity index (χ0) is 15.2. The third-order valence-corrected chi connectivity index (χ3v) is 5.38. The first-order valence-electron chi connectivity index (χ1n) is 8.61. The molecule has 3 heteroatoms. The van der Waals surface area contributed by atoms with Gasteiger partial charge in [0.25, 0.3) is 0 Å². The summed E-state index contributed by atoms with van der Waals surface area (Å²) in [4.78, 5) is 5.15. The topological polar surface area (TPSA) is 32.5 Å². The number of rotatable bonds is 8. The highest BCUT2D eigenvalue weighted by atomic mass is 15.3. The van der Waals surface area contributed by atoms with Gasteiger partial charge in [0.1, 0.15) is 0 Å². The highest BCUT2D eigenvalue weighted by Gasteiger charge is 2.36. The van der Waals surface area contributed by atoms with Crippen LogP contribution in [0.1, 0.15) is 66.2 Å². The van der Waals surface area contributed by atoms with Gasteiger partial charge in [0, 0.05) is 37.3 Å². The van der Waals surface area contributed by atoms with Gasteiger partial charge in [0.05, 0.1) is 0 Å². The number of hydrogen-bond acceptors (Lipinski definition) is 3. The summed E-state index contributed by atoms with van der Waals surface area (Å²) in [5, 5.41) is 0. The summed E-state index contributed by atoms with van der Waals surface area (Å²) in [6.07, 6.45) is 8.01. The fourth-order valence-corrected chi connectivity index (χ4v) is 3.34. The van der Waals surface area contributed by atoms with E-state index in [9.17, 15) is 0 Å². The molecule has 2 N–H and O–H groups in total. The van der Waals surface area contributed by atoms with Crippen molar-refractivity contribution >= 4 is 0 Å². The Morgan fingerprint density at radius 3 is 2.10 bits per heavy atom. The standard InChI is InChI=1S/C17H37N3/c1-6-7-8-9-10-11-17(4,14-18)20-12-15(2)19(5)16(3)13-20/h15-16H,6-14,18H2,1-5H3. The zero-order valence-corrected chi connectivity index (χ0v) is 14.5. The summed E-state index contributed by atoms with van der Waals surface area (Å²) >= 11 is 0. The Hall–Kier alpha value is -0.120. The molecule has 20 heavy (non-hydrogen) atoms. The molecule has 0 radical (unpaired) electrons. The molecule has 0 saturated carbocycles. The fourth-order valence-electron chi connectivity index (χ4n) is 3.34. The Morgan fingerprint density at radius 2 is 1.60 bits per heavy atom. The molecule has 1 rings (SSSR count). The fraction of sp³-hybridized carbons (Fsp3) is 1.00. The van der Waals surface area contributed by atoms with Crippen LogP contribution in [-0.2, 0) is 0 Å². The monoisotopic (exact) mass is 283 g/mol. The second-order valence-corrected chi connectivity index (χ2v) is 7.13. The van der Waals surface area contributed by atoms with Crippen LogP contribution < -0.4 is 5.73 Å². The van der Waals surface area contributed by atoms with Gasteiger partial charge in [-0.2, -0.15) is 0 Å². The second-order valence-electron chi connectivity index (χ2n) is 7.13. The summed E-state index contributed by atoms with van der Waals surface area (Å²) < 4.78 is 0. The Kier molecular flexibility index (Phi) is 7.49. The van der Waals surface area contributed by atoms with Crippen molar-refractivity contribution in [1.29, 1.82) is 0 Å². The minimum atomic E-state index is 0.190. The lowest BCUT2D eigenvalue weighted by atomic mass is 9.89. The van der Waals surface area contributed by atoms with Crippen molar-refractivity contribution < 1.29 is 0 Å². The number of nitrogens with two attached hydrogens (primary N) is 1. The van der Waals surface area contributed by atoms with Crippen LogP contribution in [0.25, 0.3) is 0 Å². The van der Waals surface area contributed by atoms with Gasteiger partial charge in [-0.15, -0.1) is 0 Å². The van der Waals surface area contributed by atoms with E-state index in [1.165, 1.54) is 38.5 Å². The van der Waals surface area contributed by atoms with E-state index in [4.69, 9.17) is 5.73 Å². The molecule has 0 bridgehead atoms. The Morgan fingerprint density at radius 1 is 1.05 bits per heavy atom. The van der Waals surface area contributed by atoms with Crippen LogP contribution in [0.3, 0.4) is 0 Å². The summed E-state index contributed by atoms with van der Waals surface area (Å²) in [7, 11) is 2.25. The van der Waals surface area contributed by atoms with Gasteiger partial charge in [0.2, 0.25) is 0 Å². The van der Waals surface area contributed by atoms with Crippen molar-refractivity contribution in [2.24, 2.45) is 5.73 Å². The maximum absolute atomic E-state index is 6.15. The lowest BCUT2D eigenvalue weighted by Crippen LogP contribution is -2.63. The summed E-state index contributed by atoms with van der Waals surface area (Å²) in [5.41, 5.74) is 6.34. The van der Waals surface area contributed by atoms with E-state index in [2.05, 4.69) is 44.5 Å². The summed E-state index contributed by atoms with van der Waals surface area (Å²) in [5.74, 6) is 0. The van der Waals surface area contributed by atoms with Crippen molar-refractivity contribution in [3.05, 3.63) is 0 Å². The highest BCUT2D eigenvalue weighted by molar-refractivity contribution is 4.94. The van der Waals surface area contributed by atoms with Gasteiger partial charge in [-0.3, -0.25) is 9.80 Å². The molecule has 0 amide bonds. The minimum Gasteiger partial charge on any atom is -0.329 e. The van der Waals surface area contributed by atoms with Gasteiger partial charge >= 0.3 is 0 Å². The van der Waals surface area contributed by atoms with Crippen molar-refractivity contribution in [3.8, 4) is 0 Å². The normalized spacial score (nSPS) is 28.5. The van der Waals surface area contributed by atoms with E-state index in [1.807, 2.05) is 0 Å². The van der Waals surface area contributed by atoms with Crippen molar-refractivity contribution in [2.45, 2.75) is 83.8 Å². The maximum atomic E-state index is 6.15. The van der Waals surface area contributed by atoms with Gasteiger partial charge in [-0.25, -0.2) is 0 Å². The third kappa shape index (κ3) is 4.71. The first kappa shape index (κ1) is 17.9. The molecular formula is C17H37N3. The van der Waals surface area contributed by atoms with Gasteiger partial charge in [-0.1, -0.05) is 39.0 Å². The molecule has 1 fully saturated rings. The van der Waals surface area contributed by atoms with E-state index >= 15 is 0 Å². The molecule has 3 nitrogen and oxygen atoms in total. The molecule has 0 aliphatic carbocycles. The number of piperazine rings is 1. The molecule has 1 saturated heterocycles. The van der Waals surface area contributed by atoms with E-state index in [0.29, 0.717) is 12.1 Å². The molecule has 120 valence electrons. The maximum Gasteiger partial charge on any atom is 0.0304 e. The lowest BCUT2D eigenvalue weighted by Gasteiger charge is -2.50. The molecule has 0 aromatic heterocycles. The number of unbranched alkanes of at least 4 members (excludes halogenated alkanes) is 4. The van der Waals surface area contributed by atoms with Gasteiger partial charge < -0.3 is 5.73 Å². The quantitative estimate of drug-likeness (QED) is 0.695. The summed E-state index contributed by atoms with van der Waals surface area (Å²) in [6, 6.07) is 1.26. The largest absolute Gasteiger partial charge is 0.329 e. The average Bonchev–Trinajstić information content (AvgIpc) is 2.43. The SMILES string of the molecule is CCCCCCCC(C)(CN)N1CC(C)N(C)C(C)C1. The van der Waals surface area contributed by atoms with Crippen molar-refractivity contribution in [3.63, 3.8) is 0 Å². The molecule has 3 unspecified atom stereocenters. The van der Waals surface area contributed by atoms with Crippen LogP contribution in [0, 0.1) is 0 Å².